The highest BCUT2D eigenvalue weighted by Gasteiger charge is 2.17. The Morgan fingerprint density at radius 2 is 2.09 bits per heavy atom. The zero-order valence-electron chi connectivity index (χ0n) is 12.1. The van der Waals surface area contributed by atoms with E-state index >= 15 is 0 Å². The summed E-state index contributed by atoms with van der Waals surface area (Å²) in [6.07, 6.45) is 1.61. The SMILES string of the molecule is COC(=O)c1cc(-c2cnn(C)c2C#N)c2ccccc2n1. The first-order valence-electron chi connectivity index (χ1n) is 6.56. The van der Waals surface area contributed by atoms with Gasteiger partial charge in [0.2, 0.25) is 0 Å². The van der Waals surface area contributed by atoms with Crippen molar-refractivity contribution in [2.45, 2.75) is 0 Å². The third kappa shape index (κ3) is 2.09. The number of nitriles is 1. The summed E-state index contributed by atoms with van der Waals surface area (Å²) in [4.78, 5) is 16.1. The van der Waals surface area contributed by atoms with Gasteiger partial charge in [0.15, 0.2) is 0 Å². The van der Waals surface area contributed by atoms with Crippen LogP contribution in [0.25, 0.3) is 22.0 Å². The molecule has 0 spiro atoms. The van der Waals surface area contributed by atoms with Gasteiger partial charge in [-0.1, -0.05) is 18.2 Å². The minimum atomic E-state index is -0.519. The molecule has 0 atom stereocenters. The Hall–Kier alpha value is -3.20. The molecule has 1 aromatic carbocycles. The van der Waals surface area contributed by atoms with Crippen LogP contribution in [0.5, 0.6) is 0 Å². The lowest BCUT2D eigenvalue weighted by Crippen LogP contribution is -2.05. The lowest BCUT2D eigenvalue weighted by atomic mass is 10.0. The number of aromatic nitrogens is 3. The molecule has 6 nitrogen and oxygen atoms in total. The minimum absolute atomic E-state index is 0.198. The number of benzene rings is 1. The summed E-state index contributed by atoms with van der Waals surface area (Å²) in [5.41, 5.74) is 2.67. The zero-order chi connectivity index (χ0) is 15.7. The summed E-state index contributed by atoms with van der Waals surface area (Å²) in [5.74, 6) is -0.519. The fraction of sp³-hybridized carbons (Fsp3) is 0.125. The number of carbonyl (C=O) groups excluding carboxylic acids is 1. The molecule has 6 heteroatoms. The van der Waals surface area contributed by atoms with Crippen LogP contribution in [0.2, 0.25) is 0 Å². The Kier molecular flexibility index (Phi) is 3.31. The topological polar surface area (TPSA) is 80.8 Å². The van der Waals surface area contributed by atoms with E-state index in [2.05, 4.69) is 16.2 Å². The molecule has 0 radical (unpaired) electrons. The average molecular weight is 292 g/mol. The number of hydrogen-bond donors (Lipinski definition) is 0. The number of ether oxygens (including phenoxy) is 1. The first-order chi connectivity index (χ1) is 10.7. The number of fused-ring (bicyclic) bond motifs is 1. The van der Waals surface area contributed by atoms with E-state index in [0.29, 0.717) is 16.8 Å². The van der Waals surface area contributed by atoms with Crippen LogP contribution in [0, 0.1) is 11.3 Å². The molecule has 0 aliphatic rings. The lowest BCUT2D eigenvalue weighted by molar-refractivity contribution is 0.0594. The fourth-order valence-corrected chi connectivity index (χ4v) is 2.37. The van der Waals surface area contributed by atoms with E-state index in [1.807, 2.05) is 24.3 Å². The van der Waals surface area contributed by atoms with Crippen molar-refractivity contribution >= 4 is 16.9 Å². The predicted molar refractivity (Wildman–Crippen MR) is 80.0 cm³/mol. The summed E-state index contributed by atoms with van der Waals surface area (Å²) in [7, 11) is 3.01. The van der Waals surface area contributed by atoms with Crippen LogP contribution in [0.15, 0.2) is 36.5 Å². The van der Waals surface area contributed by atoms with Crippen LogP contribution in [0.4, 0.5) is 0 Å². The van der Waals surface area contributed by atoms with E-state index in [1.54, 1.807) is 19.3 Å². The van der Waals surface area contributed by atoms with Crippen LogP contribution in [0.3, 0.4) is 0 Å². The molecule has 0 amide bonds. The minimum Gasteiger partial charge on any atom is -0.464 e. The molecule has 0 fully saturated rings. The van der Waals surface area contributed by atoms with Crippen LogP contribution in [-0.4, -0.2) is 27.8 Å². The van der Waals surface area contributed by atoms with Crippen molar-refractivity contribution in [3.8, 4) is 17.2 Å². The number of methoxy groups -OCH3 is 1. The molecule has 0 aliphatic heterocycles. The fourth-order valence-electron chi connectivity index (χ4n) is 2.37. The molecule has 2 heterocycles. The van der Waals surface area contributed by atoms with Crippen molar-refractivity contribution in [3.05, 3.63) is 47.9 Å². The average Bonchev–Trinajstić information content (AvgIpc) is 2.93. The monoisotopic (exact) mass is 292 g/mol. The number of rotatable bonds is 2. The van der Waals surface area contributed by atoms with Crippen LogP contribution >= 0.6 is 0 Å². The van der Waals surface area contributed by atoms with Crippen molar-refractivity contribution in [2.24, 2.45) is 7.05 Å². The Morgan fingerprint density at radius 3 is 2.82 bits per heavy atom. The third-order valence-electron chi connectivity index (χ3n) is 3.45. The molecule has 0 unspecified atom stereocenters. The summed E-state index contributed by atoms with van der Waals surface area (Å²) >= 11 is 0. The molecule has 0 bridgehead atoms. The molecular formula is C16H12N4O2. The number of carbonyl (C=O) groups is 1. The maximum absolute atomic E-state index is 11.8. The summed E-state index contributed by atoms with van der Waals surface area (Å²) in [6.45, 7) is 0. The van der Waals surface area contributed by atoms with Gasteiger partial charge in [-0.2, -0.15) is 10.4 Å². The Morgan fingerprint density at radius 1 is 1.32 bits per heavy atom. The highest BCUT2D eigenvalue weighted by molar-refractivity contribution is 6.00. The number of nitrogens with zero attached hydrogens (tertiary/aromatic N) is 4. The van der Waals surface area contributed by atoms with Crippen molar-refractivity contribution < 1.29 is 9.53 Å². The zero-order valence-corrected chi connectivity index (χ0v) is 12.1. The molecule has 0 aliphatic carbocycles. The van der Waals surface area contributed by atoms with Gasteiger partial charge in [0, 0.05) is 18.0 Å². The third-order valence-corrected chi connectivity index (χ3v) is 3.45. The normalized spacial score (nSPS) is 10.4. The molecule has 3 rings (SSSR count). The van der Waals surface area contributed by atoms with Crippen molar-refractivity contribution in [3.63, 3.8) is 0 Å². The van der Waals surface area contributed by atoms with Gasteiger partial charge >= 0.3 is 5.97 Å². The van der Waals surface area contributed by atoms with Gasteiger partial charge in [-0.25, -0.2) is 9.78 Å². The summed E-state index contributed by atoms with van der Waals surface area (Å²) in [6, 6.07) is 11.2. The maximum Gasteiger partial charge on any atom is 0.356 e. The van der Waals surface area contributed by atoms with E-state index in [9.17, 15) is 10.1 Å². The second kappa shape index (κ2) is 5.30. The van der Waals surface area contributed by atoms with Gasteiger partial charge in [-0.15, -0.1) is 0 Å². The molecule has 0 saturated carbocycles. The first-order valence-corrected chi connectivity index (χ1v) is 6.56. The molecule has 0 saturated heterocycles. The highest BCUT2D eigenvalue weighted by atomic mass is 16.5. The number of pyridine rings is 1. The van der Waals surface area contributed by atoms with Gasteiger partial charge < -0.3 is 4.74 Å². The van der Waals surface area contributed by atoms with E-state index in [0.717, 1.165) is 10.9 Å². The molecule has 2 aromatic heterocycles. The maximum atomic E-state index is 11.8. The lowest BCUT2D eigenvalue weighted by Gasteiger charge is -2.08. The van der Waals surface area contributed by atoms with E-state index in [4.69, 9.17) is 4.74 Å². The van der Waals surface area contributed by atoms with Crippen molar-refractivity contribution in [2.75, 3.05) is 7.11 Å². The van der Waals surface area contributed by atoms with Crippen LogP contribution in [-0.2, 0) is 11.8 Å². The Labute approximate surface area is 126 Å². The second-order valence-electron chi connectivity index (χ2n) is 4.71. The standard InChI is InChI=1S/C16H12N4O2/c1-20-15(8-17)12(9-18-20)11-7-14(16(21)22-2)19-13-6-4-3-5-10(11)13/h3-7,9H,1-2H3. The summed E-state index contributed by atoms with van der Waals surface area (Å²) < 4.78 is 6.25. The second-order valence-corrected chi connectivity index (χ2v) is 4.71. The highest BCUT2D eigenvalue weighted by Crippen LogP contribution is 2.30. The van der Waals surface area contributed by atoms with Gasteiger partial charge in [0.1, 0.15) is 17.5 Å². The van der Waals surface area contributed by atoms with E-state index in [-0.39, 0.29) is 5.69 Å². The smallest absolute Gasteiger partial charge is 0.356 e. The van der Waals surface area contributed by atoms with Crippen molar-refractivity contribution in [1.82, 2.24) is 14.8 Å². The Balaban J connectivity index is 2.36. The molecule has 22 heavy (non-hydrogen) atoms. The van der Waals surface area contributed by atoms with Crippen LogP contribution in [0.1, 0.15) is 16.2 Å². The van der Waals surface area contributed by atoms with Gasteiger partial charge in [-0.05, 0) is 17.7 Å². The van der Waals surface area contributed by atoms with E-state index in [1.165, 1.54) is 11.8 Å². The van der Waals surface area contributed by atoms with Gasteiger partial charge in [0.25, 0.3) is 0 Å². The van der Waals surface area contributed by atoms with Crippen molar-refractivity contribution in [1.29, 1.82) is 5.26 Å². The first kappa shape index (κ1) is 13.8. The number of para-hydroxylation sites is 1. The Bertz CT molecular complexity index is 922. The van der Waals surface area contributed by atoms with Gasteiger partial charge in [-0.3, -0.25) is 4.68 Å². The number of esters is 1. The molecule has 3 aromatic rings. The largest absolute Gasteiger partial charge is 0.464 e. The molecule has 0 N–H and O–H groups in total. The number of hydrogen-bond acceptors (Lipinski definition) is 5. The van der Waals surface area contributed by atoms with E-state index < -0.39 is 5.97 Å². The van der Waals surface area contributed by atoms with Gasteiger partial charge in [0.05, 0.1) is 18.8 Å². The number of aryl methyl sites for hydroxylation is 1. The molecular weight excluding hydrogens is 280 g/mol. The molecule has 108 valence electrons. The van der Waals surface area contributed by atoms with Crippen LogP contribution < -0.4 is 0 Å². The predicted octanol–water partition coefficient (Wildman–Crippen LogP) is 2.29. The summed E-state index contributed by atoms with van der Waals surface area (Å²) in [5, 5.41) is 14.3. The quantitative estimate of drug-likeness (QED) is 0.677.